The van der Waals surface area contributed by atoms with Crippen molar-refractivity contribution in [3.05, 3.63) is 59.2 Å². The Balaban J connectivity index is 1.59. The molecular weight excluding hydrogens is 455 g/mol. The number of ether oxygens (including phenoxy) is 2. The Bertz CT molecular complexity index is 1250. The van der Waals surface area contributed by atoms with Gasteiger partial charge in [-0.1, -0.05) is 23.9 Å². The van der Waals surface area contributed by atoms with Crippen LogP contribution in [-0.2, 0) is 6.18 Å². The molecule has 0 radical (unpaired) electrons. The van der Waals surface area contributed by atoms with Gasteiger partial charge in [-0.05, 0) is 47.7 Å². The minimum atomic E-state index is -4.41. The number of anilines is 2. The number of aromatic nitrogens is 2. The van der Waals surface area contributed by atoms with E-state index >= 15 is 0 Å². The molecule has 3 heterocycles. The number of rotatable bonds is 3. The first kappa shape index (κ1) is 21.4. The summed E-state index contributed by atoms with van der Waals surface area (Å²) in [6.07, 6.45) is -2.21. The standard InChI is InChI=1S/C22H18F3N5O2S/c1-33-21-29-19(26)18-20(30-21)28-14(11-2-5-13(6-3-11)22(23,24)25)9-15(27-18)12-4-7-16-17(8-12)32-10-31-16/h2-8,14H,9-10H2,1H3,(H3,26,28,29,30). The average Bonchev–Trinajstić information content (AvgIpc) is 3.17. The number of hydrogen-bond acceptors (Lipinski definition) is 8. The third-order valence-electron chi connectivity index (χ3n) is 5.37. The quantitative estimate of drug-likeness (QED) is 0.399. The summed E-state index contributed by atoms with van der Waals surface area (Å²) in [7, 11) is 0. The molecule has 3 aromatic rings. The van der Waals surface area contributed by atoms with E-state index in [1.54, 1.807) is 6.07 Å². The SMILES string of the molecule is CSc1nc(N)c2c(n1)NC(c1ccc(C(F)(F)F)cc1)CC(c1ccc3c(c1)OCO3)=N2. The molecule has 0 aliphatic carbocycles. The Labute approximate surface area is 191 Å². The van der Waals surface area contributed by atoms with E-state index in [0.717, 1.165) is 17.7 Å². The van der Waals surface area contributed by atoms with E-state index in [1.807, 2.05) is 18.4 Å². The van der Waals surface area contributed by atoms with Crippen molar-refractivity contribution in [2.45, 2.75) is 23.8 Å². The van der Waals surface area contributed by atoms with Gasteiger partial charge in [-0.15, -0.1) is 0 Å². The molecule has 7 nitrogen and oxygen atoms in total. The highest BCUT2D eigenvalue weighted by Gasteiger charge is 2.31. The van der Waals surface area contributed by atoms with Crippen molar-refractivity contribution in [1.29, 1.82) is 0 Å². The number of halogens is 3. The van der Waals surface area contributed by atoms with Gasteiger partial charge in [-0.25, -0.2) is 15.0 Å². The minimum Gasteiger partial charge on any atom is -0.454 e. The van der Waals surface area contributed by atoms with Crippen molar-refractivity contribution in [3.8, 4) is 11.5 Å². The molecule has 1 atom stereocenters. The first-order valence-corrected chi connectivity index (χ1v) is 11.2. The van der Waals surface area contributed by atoms with Gasteiger partial charge in [0, 0.05) is 6.42 Å². The second-order valence-electron chi connectivity index (χ2n) is 7.44. The van der Waals surface area contributed by atoms with Crippen LogP contribution in [0.15, 0.2) is 52.6 Å². The van der Waals surface area contributed by atoms with Gasteiger partial charge in [-0.3, -0.25) is 0 Å². The second-order valence-corrected chi connectivity index (χ2v) is 8.21. The molecule has 5 rings (SSSR count). The maximum atomic E-state index is 13.1. The summed E-state index contributed by atoms with van der Waals surface area (Å²) in [6.45, 7) is 0.141. The molecule has 11 heteroatoms. The molecular formula is C22H18F3N5O2S. The van der Waals surface area contributed by atoms with Crippen LogP contribution in [0.5, 0.6) is 11.5 Å². The number of alkyl halides is 3. The molecule has 1 aromatic heterocycles. The molecule has 0 saturated carbocycles. The first-order valence-electron chi connectivity index (χ1n) is 9.94. The Morgan fingerprint density at radius 2 is 1.82 bits per heavy atom. The molecule has 1 unspecified atom stereocenters. The number of thioether (sulfide) groups is 1. The summed E-state index contributed by atoms with van der Waals surface area (Å²) < 4.78 is 50.0. The van der Waals surface area contributed by atoms with Crippen LogP contribution in [0.4, 0.5) is 30.5 Å². The zero-order valence-corrected chi connectivity index (χ0v) is 18.1. The third-order valence-corrected chi connectivity index (χ3v) is 5.92. The van der Waals surface area contributed by atoms with Crippen LogP contribution in [0.1, 0.15) is 29.2 Å². The van der Waals surface area contributed by atoms with Crippen LogP contribution in [0.25, 0.3) is 0 Å². The molecule has 0 spiro atoms. The van der Waals surface area contributed by atoms with Gasteiger partial charge in [0.15, 0.2) is 28.3 Å². The molecule has 0 bridgehead atoms. The molecule has 33 heavy (non-hydrogen) atoms. The summed E-state index contributed by atoms with van der Waals surface area (Å²) in [4.78, 5) is 13.5. The molecule has 2 aliphatic heterocycles. The van der Waals surface area contributed by atoms with E-state index in [9.17, 15) is 13.2 Å². The average molecular weight is 473 g/mol. The molecule has 2 aliphatic rings. The molecule has 170 valence electrons. The summed E-state index contributed by atoms with van der Waals surface area (Å²) in [5, 5.41) is 3.77. The minimum absolute atomic E-state index is 0.141. The van der Waals surface area contributed by atoms with Gasteiger partial charge in [0.2, 0.25) is 6.79 Å². The Morgan fingerprint density at radius 1 is 1.06 bits per heavy atom. The van der Waals surface area contributed by atoms with Crippen LogP contribution < -0.4 is 20.5 Å². The normalized spacial score (nSPS) is 17.1. The van der Waals surface area contributed by atoms with Gasteiger partial charge >= 0.3 is 6.18 Å². The number of aliphatic imine (C=N–C) groups is 1. The lowest BCUT2D eigenvalue weighted by Crippen LogP contribution is -2.16. The van der Waals surface area contributed by atoms with Crippen LogP contribution >= 0.6 is 11.8 Å². The largest absolute Gasteiger partial charge is 0.454 e. The highest BCUT2D eigenvalue weighted by molar-refractivity contribution is 7.98. The van der Waals surface area contributed by atoms with Crippen LogP contribution in [-0.4, -0.2) is 28.7 Å². The monoisotopic (exact) mass is 473 g/mol. The number of nitrogen functional groups attached to an aromatic ring is 1. The van der Waals surface area contributed by atoms with Crippen LogP contribution in [0.3, 0.4) is 0 Å². The van der Waals surface area contributed by atoms with E-state index in [4.69, 9.17) is 20.2 Å². The van der Waals surface area contributed by atoms with Gasteiger partial charge in [0.05, 0.1) is 17.3 Å². The van der Waals surface area contributed by atoms with E-state index in [2.05, 4.69) is 15.3 Å². The van der Waals surface area contributed by atoms with E-state index in [0.29, 0.717) is 45.9 Å². The summed E-state index contributed by atoms with van der Waals surface area (Å²) in [5.41, 5.74) is 7.97. The van der Waals surface area contributed by atoms with Crippen molar-refractivity contribution in [2.75, 3.05) is 24.1 Å². The number of nitrogens with two attached hydrogens (primary N) is 1. The van der Waals surface area contributed by atoms with Crippen LogP contribution in [0, 0.1) is 0 Å². The van der Waals surface area contributed by atoms with Crippen molar-refractivity contribution in [3.63, 3.8) is 0 Å². The summed E-state index contributed by atoms with van der Waals surface area (Å²) in [5.74, 6) is 1.87. The predicted molar refractivity (Wildman–Crippen MR) is 119 cm³/mol. The van der Waals surface area contributed by atoms with Crippen molar-refractivity contribution in [1.82, 2.24) is 9.97 Å². The fourth-order valence-corrected chi connectivity index (χ4v) is 4.08. The van der Waals surface area contributed by atoms with Crippen molar-refractivity contribution < 1.29 is 22.6 Å². The zero-order chi connectivity index (χ0) is 23.2. The highest BCUT2D eigenvalue weighted by atomic mass is 32.2. The molecule has 0 amide bonds. The predicted octanol–water partition coefficient (Wildman–Crippen LogP) is 5.21. The maximum absolute atomic E-state index is 13.1. The van der Waals surface area contributed by atoms with Crippen LogP contribution in [0.2, 0.25) is 0 Å². The Hall–Kier alpha value is -3.47. The third kappa shape index (κ3) is 4.15. The van der Waals surface area contributed by atoms with E-state index < -0.39 is 17.8 Å². The topological polar surface area (TPSA) is 94.7 Å². The highest BCUT2D eigenvalue weighted by Crippen LogP contribution is 2.40. The number of hydrogen-bond donors (Lipinski definition) is 2. The molecule has 3 N–H and O–H groups in total. The fourth-order valence-electron chi connectivity index (χ4n) is 3.71. The van der Waals surface area contributed by atoms with Gasteiger partial charge in [0.25, 0.3) is 0 Å². The number of benzene rings is 2. The lowest BCUT2D eigenvalue weighted by molar-refractivity contribution is -0.137. The smallest absolute Gasteiger partial charge is 0.416 e. The van der Waals surface area contributed by atoms with Crippen molar-refractivity contribution in [2.24, 2.45) is 4.99 Å². The van der Waals surface area contributed by atoms with Gasteiger partial charge < -0.3 is 20.5 Å². The van der Waals surface area contributed by atoms with Gasteiger partial charge in [-0.2, -0.15) is 13.2 Å². The lowest BCUT2D eigenvalue weighted by atomic mass is 9.96. The fraction of sp³-hybridized carbons (Fsp3) is 0.227. The van der Waals surface area contributed by atoms with E-state index in [-0.39, 0.29) is 12.6 Å². The van der Waals surface area contributed by atoms with Gasteiger partial charge in [0.1, 0.15) is 5.69 Å². The number of nitrogens with zero attached hydrogens (tertiary/aromatic N) is 3. The van der Waals surface area contributed by atoms with E-state index in [1.165, 1.54) is 23.9 Å². The first-order chi connectivity index (χ1) is 15.8. The molecule has 0 fully saturated rings. The Kier molecular flexibility index (Phi) is 5.28. The zero-order valence-electron chi connectivity index (χ0n) is 17.3. The molecule has 0 saturated heterocycles. The number of fused-ring (bicyclic) bond motifs is 2. The summed E-state index contributed by atoms with van der Waals surface area (Å²) >= 11 is 1.33. The molecule has 2 aromatic carbocycles. The number of nitrogens with one attached hydrogen (secondary N) is 1. The van der Waals surface area contributed by atoms with Crippen molar-refractivity contribution >= 4 is 34.8 Å². The summed E-state index contributed by atoms with van der Waals surface area (Å²) in [6, 6.07) is 10.1. The lowest BCUT2D eigenvalue weighted by Gasteiger charge is -2.20. The maximum Gasteiger partial charge on any atom is 0.416 e. The second kappa shape index (κ2) is 8.14. The Morgan fingerprint density at radius 3 is 2.55 bits per heavy atom.